The van der Waals surface area contributed by atoms with E-state index in [1.807, 2.05) is 0 Å². The Morgan fingerprint density at radius 3 is 2.56 bits per heavy atom. The lowest BCUT2D eigenvalue weighted by molar-refractivity contribution is -0.384. The van der Waals surface area contributed by atoms with Crippen molar-refractivity contribution in [3.63, 3.8) is 0 Å². The van der Waals surface area contributed by atoms with Gasteiger partial charge < -0.3 is 10.4 Å². The van der Waals surface area contributed by atoms with Crippen molar-refractivity contribution < 1.29 is 14.8 Å². The minimum absolute atomic E-state index is 0.0223. The van der Waals surface area contributed by atoms with Gasteiger partial charge in [-0.2, -0.15) is 0 Å². The van der Waals surface area contributed by atoms with Crippen LogP contribution in [-0.4, -0.2) is 21.5 Å². The summed E-state index contributed by atoms with van der Waals surface area (Å²) in [5.41, 5.74) is 0.816. The van der Waals surface area contributed by atoms with Gasteiger partial charge in [-0.05, 0) is 32.4 Å². The molecule has 0 aliphatic rings. The summed E-state index contributed by atoms with van der Waals surface area (Å²) in [7, 11) is 0. The van der Waals surface area contributed by atoms with E-state index in [0.29, 0.717) is 11.3 Å². The number of anilines is 1. The molecule has 6 nitrogen and oxygen atoms in total. The fourth-order valence-corrected chi connectivity index (χ4v) is 1.69. The highest BCUT2D eigenvalue weighted by molar-refractivity contribution is 5.69. The monoisotopic (exact) mass is 252 g/mol. The Morgan fingerprint density at radius 2 is 2.11 bits per heavy atom. The van der Waals surface area contributed by atoms with Crippen LogP contribution in [0.1, 0.15) is 25.8 Å². The van der Waals surface area contributed by atoms with Crippen molar-refractivity contribution in [2.24, 2.45) is 0 Å². The second-order valence-corrected chi connectivity index (χ2v) is 4.84. The van der Waals surface area contributed by atoms with Gasteiger partial charge in [0.15, 0.2) is 0 Å². The highest BCUT2D eigenvalue weighted by atomic mass is 16.6. The Morgan fingerprint density at radius 1 is 1.50 bits per heavy atom. The van der Waals surface area contributed by atoms with Crippen molar-refractivity contribution in [3.8, 4) is 0 Å². The number of aliphatic carboxylic acids is 1. The fraction of sp³-hybridized carbons (Fsp3) is 0.417. The first-order chi connectivity index (χ1) is 8.21. The first-order valence-corrected chi connectivity index (χ1v) is 5.46. The average molecular weight is 252 g/mol. The molecule has 0 atom stereocenters. The summed E-state index contributed by atoms with van der Waals surface area (Å²) in [4.78, 5) is 20.8. The van der Waals surface area contributed by atoms with E-state index in [-0.39, 0.29) is 12.1 Å². The van der Waals surface area contributed by atoms with E-state index in [1.54, 1.807) is 26.8 Å². The van der Waals surface area contributed by atoms with E-state index in [0.717, 1.165) is 0 Å². The van der Waals surface area contributed by atoms with Crippen molar-refractivity contribution in [1.82, 2.24) is 0 Å². The van der Waals surface area contributed by atoms with Crippen LogP contribution in [0.15, 0.2) is 18.2 Å². The Kier molecular flexibility index (Phi) is 3.90. The molecule has 0 amide bonds. The van der Waals surface area contributed by atoms with Gasteiger partial charge >= 0.3 is 5.97 Å². The lowest BCUT2D eigenvalue weighted by Crippen LogP contribution is -2.33. The second-order valence-electron chi connectivity index (χ2n) is 4.84. The van der Waals surface area contributed by atoms with Crippen LogP contribution in [0.4, 0.5) is 11.4 Å². The summed E-state index contributed by atoms with van der Waals surface area (Å²) in [6.45, 7) is 5.27. The maximum atomic E-state index is 10.7. The normalized spacial score (nSPS) is 11.1. The first-order valence-electron chi connectivity index (χ1n) is 5.46. The zero-order valence-electron chi connectivity index (χ0n) is 10.6. The summed E-state index contributed by atoms with van der Waals surface area (Å²) in [6, 6.07) is 4.45. The first kappa shape index (κ1) is 14.0. The molecular weight excluding hydrogens is 236 g/mol. The quantitative estimate of drug-likeness (QED) is 0.620. The standard InChI is InChI=1S/C12H16N2O4/c1-8-6-9(14(17)18)4-5-10(8)13-12(2,3)7-11(15)16/h4-6,13H,7H2,1-3H3,(H,15,16). The lowest BCUT2D eigenvalue weighted by atomic mass is 9.99. The topological polar surface area (TPSA) is 92.5 Å². The van der Waals surface area contributed by atoms with Gasteiger partial charge in [-0.25, -0.2) is 0 Å². The molecule has 0 saturated heterocycles. The highest BCUT2D eigenvalue weighted by Gasteiger charge is 2.22. The van der Waals surface area contributed by atoms with E-state index >= 15 is 0 Å². The average Bonchev–Trinajstić information content (AvgIpc) is 2.18. The van der Waals surface area contributed by atoms with Crippen LogP contribution in [0.2, 0.25) is 0 Å². The van der Waals surface area contributed by atoms with E-state index in [2.05, 4.69) is 5.32 Å². The molecule has 0 fully saturated rings. The minimum Gasteiger partial charge on any atom is -0.481 e. The van der Waals surface area contributed by atoms with Gasteiger partial charge in [0.05, 0.1) is 11.3 Å². The third-order valence-corrected chi connectivity index (χ3v) is 2.49. The van der Waals surface area contributed by atoms with Gasteiger partial charge in [-0.15, -0.1) is 0 Å². The van der Waals surface area contributed by atoms with Crippen molar-refractivity contribution in [3.05, 3.63) is 33.9 Å². The van der Waals surface area contributed by atoms with Crippen LogP contribution >= 0.6 is 0 Å². The van der Waals surface area contributed by atoms with Gasteiger partial charge in [0.1, 0.15) is 0 Å². The Bertz CT molecular complexity index is 483. The molecule has 0 bridgehead atoms. The molecule has 0 radical (unpaired) electrons. The lowest BCUT2D eigenvalue weighted by Gasteiger charge is -2.26. The van der Waals surface area contributed by atoms with E-state index < -0.39 is 16.4 Å². The van der Waals surface area contributed by atoms with Crippen LogP contribution in [0.3, 0.4) is 0 Å². The van der Waals surface area contributed by atoms with Gasteiger partial charge in [0.25, 0.3) is 5.69 Å². The molecule has 0 aliphatic carbocycles. The molecular formula is C12H16N2O4. The van der Waals surface area contributed by atoms with Crippen molar-refractivity contribution in [1.29, 1.82) is 0 Å². The molecule has 6 heteroatoms. The minimum atomic E-state index is -0.896. The summed E-state index contributed by atoms with van der Waals surface area (Å²) in [5, 5.41) is 22.5. The number of carboxylic acid groups (broad SMARTS) is 1. The molecule has 0 spiro atoms. The highest BCUT2D eigenvalue weighted by Crippen LogP contribution is 2.25. The van der Waals surface area contributed by atoms with Crippen molar-refractivity contribution in [2.75, 3.05) is 5.32 Å². The Hall–Kier alpha value is -2.11. The summed E-state index contributed by atoms with van der Waals surface area (Å²) < 4.78 is 0. The van der Waals surface area contributed by atoms with Crippen LogP contribution in [0.25, 0.3) is 0 Å². The van der Waals surface area contributed by atoms with Crippen LogP contribution in [0.5, 0.6) is 0 Å². The molecule has 0 aliphatic heterocycles. The number of nitro benzene ring substituents is 1. The molecule has 1 rings (SSSR count). The fourth-order valence-electron chi connectivity index (χ4n) is 1.69. The van der Waals surface area contributed by atoms with Gasteiger partial charge in [0.2, 0.25) is 0 Å². The van der Waals surface area contributed by atoms with Gasteiger partial charge in [-0.3, -0.25) is 14.9 Å². The van der Waals surface area contributed by atoms with Crippen molar-refractivity contribution >= 4 is 17.3 Å². The number of non-ortho nitro benzene ring substituents is 1. The number of nitro groups is 1. The number of hydrogen-bond acceptors (Lipinski definition) is 4. The number of benzene rings is 1. The van der Waals surface area contributed by atoms with Gasteiger partial charge in [-0.1, -0.05) is 0 Å². The van der Waals surface area contributed by atoms with Crippen LogP contribution in [0, 0.1) is 17.0 Å². The largest absolute Gasteiger partial charge is 0.481 e. The number of aryl methyl sites for hydroxylation is 1. The molecule has 2 N–H and O–H groups in total. The number of nitrogens with zero attached hydrogens (tertiary/aromatic N) is 1. The van der Waals surface area contributed by atoms with Crippen molar-refractivity contribution in [2.45, 2.75) is 32.7 Å². The molecule has 98 valence electrons. The smallest absolute Gasteiger partial charge is 0.305 e. The molecule has 1 aromatic carbocycles. The second kappa shape index (κ2) is 5.03. The van der Waals surface area contributed by atoms with E-state index in [9.17, 15) is 14.9 Å². The van der Waals surface area contributed by atoms with E-state index in [1.165, 1.54) is 12.1 Å². The molecule has 0 unspecified atom stereocenters. The third-order valence-electron chi connectivity index (χ3n) is 2.49. The number of carboxylic acids is 1. The molecule has 0 saturated carbocycles. The predicted octanol–water partition coefficient (Wildman–Crippen LogP) is 2.57. The molecule has 0 heterocycles. The number of nitrogens with one attached hydrogen (secondary N) is 1. The maximum Gasteiger partial charge on any atom is 0.305 e. The van der Waals surface area contributed by atoms with Gasteiger partial charge in [0, 0.05) is 23.4 Å². The third kappa shape index (κ3) is 3.73. The predicted molar refractivity (Wildman–Crippen MR) is 67.8 cm³/mol. The number of carbonyl (C=O) groups is 1. The summed E-state index contributed by atoms with van der Waals surface area (Å²) in [5.74, 6) is -0.896. The van der Waals surface area contributed by atoms with Crippen LogP contribution in [-0.2, 0) is 4.79 Å². The SMILES string of the molecule is Cc1cc([N+](=O)[O-])ccc1NC(C)(C)CC(=O)O. The number of rotatable bonds is 5. The zero-order chi connectivity index (χ0) is 13.9. The summed E-state index contributed by atoms with van der Waals surface area (Å²) in [6.07, 6.45) is -0.0383. The molecule has 18 heavy (non-hydrogen) atoms. The van der Waals surface area contributed by atoms with Crippen LogP contribution < -0.4 is 5.32 Å². The maximum absolute atomic E-state index is 10.7. The Labute approximate surface area is 105 Å². The van der Waals surface area contributed by atoms with E-state index in [4.69, 9.17) is 5.11 Å². The molecule has 0 aromatic heterocycles. The Balaban J connectivity index is 2.92. The summed E-state index contributed by atoms with van der Waals surface area (Å²) >= 11 is 0. The zero-order valence-corrected chi connectivity index (χ0v) is 10.6. The molecule has 1 aromatic rings. The number of hydrogen-bond donors (Lipinski definition) is 2.